The number of rotatable bonds is 7. The van der Waals surface area contributed by atoms with E-state index in [0.29, 0.717) is 29.6 Å². The van der Waals surface area contributed by atoms with Gasteiger partial charge in [0.15, 0.2) is 0 Å². The van der Waals surface area contributed by atoms with E-state index in [2.05, 4.69) is 20.6 Å². The number of nitrogens with zero attached hydrogens (tertiary/aromatic N) is 2. The maximum Gasteiger partial charge on any atom is 0.274 e. The lowest BCUT2D eigenvalue weighted by molar-refractivity contribution is 0.102. The second kappa shape index (κ2) is 8.99. The Kier molecular flexibility index (Phi) is 6.22. The summed E-state index contributed by atoms with van der Waals surface area (Å²) in [5.41, 5.74) is 2.09. The van der Waals surface area contributed by atoms with Gasteiger partial charge in [-0.1, -0.05) is 30.3 Å². The third kappa shape index (κ3) is 5.54. The first-order valence-corrected chi connectivity index (χ1v) is 9.20. The van der Waals surface area contributed by atoms with E-state index < -0.39 is 0 Å². The van der Waals surface area contributed by atoms with Crippen LogP contribution in [0.2, 0.25) is 0 Å². The molecule has 3 aromatic rings. The van der Waals surface area contributed by atoms with Gasteiger partial charge in [-0.25, -0.2) is 9.97 Å². The number of hydrogen-bond donors (Lipinski definition) is 2. The summed E-state index contributed by atoms with van der Waals surface area (Å²) in [4.78, 5) is 21.1. The van der Waals surface area contributed by atoms with Crippen molar-refractivity contribution in [3.8, 4) is 5.75 Å². The van der Waals surface area contributed by atoms with E-state index in [1.807, 2.05) is 56.3 Å². The minimum atomic E-state index is -0.282. The van der Waals surface area contributed by atoms with Crippen LogP contribution in [0.5, 0.6) is 5.75 Å². The lowest BCUT2D eigenvalue weighted by atomic mass is 10.2. The number of hydrogen-bond acceptors (Lipinski definition) is 5. The molecule has 0 atom stereocenters. The zero-order valence-electron chi connectivity index (χ0n) is 16.3. The van der Waals surface area contributed by atoms with E-state index in [1.165, 1.54) is 0 Å². The summed E-state index contributed by atoms with van der Waals surface area (Å²) in [5, 5.41) is 6.05. The van der Waals surface area contributed by atoms with Crippen molar-refractivity contribution in [1.29, 1.82) is 0 Å². The molecule has 0 bridgehead atoms. The van der Waals surface area contributed by atoms with Crippen molar-refractivity contribution < 1.29 is 9.53 Å². The average Bonchev–Trinajstić information content (AvgIpc) is 2.67. The molecule has 0 saturated heterocycles. The number of aryl methyl sites for hydroxylation is 1. The molecule has 6 heteroatoms. The number of benzene rings is 2. The maximum absolute atomic E-state index is 12.5. The van der Waals surface area contributed by atoms with Gasteiger partial charge in [0.2, 0.25) is 0 Å². The molecule has 1 amide bonds. The summed E-state index contributed by atoms with van der Waals surface area (Å²) >= 11 is 0. The molecule has 2 aromatic carbocycles. The molecule has 0 saturated carbocycles. The Balaban J connectivity index is 1.62. The molecule has 0 spiro atoms. The highest BCUT2D eigenvalue weighted by Gasteiger charge is 2.11. The van der Waals surface area contributed by atoms with Crippen molar-refractivity contribution >= 4 is 17.4 Å². The van der Waals surface area contributed by atoms with Crippen molar-refractivity contribution in [3.05, 3.63) is 77.7 Å². The lowest BCUT2D eigenvalue weighted by Gasteiger charge is -2.11. The minimum Gasteiger partial charge on any atom is -0.489 e. The van der Waals surface area contributed by atoms with Crippen molar-refractivity contribution in [3.63, 3.8) is 0 Å². The quantitative estimate of drug-likeness (QED) is 0.638. The van der Waals surface area contributed by atoms with Crippen LogP contribution in [0.15, 0.2) is 60.7 Å². The fourth-order valence-electron chi connectivity index (χ4n) is 2.62. The summed E-state index contributed by atoms with van der Waals surface area (Å²) in [6.07, 6.45) is 0. The summed E-state index contributed by atoms with van der Waals surface area (Å²) in [7, 11) is 0. The number of ether oxygens (including phenoxy) is 1. The summed E-state index contributed by atoms with van der Waals surface area (Å²) < 4.78 is 5.76. The highest BCUT2D eigenvalue weighted by molar-refractivity contribution is 6.03. The van der Waals surface area contributed by atoms with Crippen molar-refractivity contribution in [2.45, 2.75) is 33.4 Å². The molecule has 0 unspecified atom stereocenters. The summed E-state index contributed by atoms with van der Waals surface area (Å²) in [6.45, 7) is 6.29. The molecule has 0 fully saturated rings. The molecule has 0 aliphatic carbocycles. The first kappa shape index (κ1) is 19.4. The smallest absolute Gasteiger partial charge is 0.274 e. The zero-order valence-corrected chi connectivity index (χ0v) is 16.3. The van der Waals surface area contributed by atoms with E-state index in [4.69, 9.17) is 4.74 Å². The normalized spacial score (nSPS) is 10.6. The van der Waals surface area contributed by atoms with E-state index in [1.54, 1.807) is 25.1 Å². The van der Waals surface area contributed by atoms with Gasteiger partial charge in [-0.2, -0.15) is 0 Å². The van der Waals surface area contributed by atoms with E-state index in [0.717, 1.165) is 11.3 Å². The Morgan fingerprint density at radius 1 is 1.04 bits per heavy atom. The number of nitrogens with one attached hydrogen (secondary N) is 2. The second-order valence-electron chi connectivity index (χ2n) is 6.74. The Labute approximate surface area is 165 Å². The van der Waals surface area contributed by atoms with Gasteiger partial charge in [-0.05, 0) is 50.6 Å². The molecular formula is C22H24N4O2. The van der Waals surface area contributed by atoms with Gasteiger partial charge in [-0.3, -0.25) is 4.79 Å². The largest absolute Gasteiger partial charge is 0.489 e. The highest BCUT2D eigenvalue weighted by atomic mass is 16.5. The maximum atomic E-state index is 12.5. The molecule has 0 aliphatic heterocycles. The third-order valence-electron chi connectivity index (χ3n) is 3.87. The number of amides is 1. The van der Waals surface area contributed by atoms with E-state index in [9.17, 15) is 4.79 Å². The van der Waals surface area contributed by atoms with Crippen LogP contribution >= 0.6 is 0 Å². The molecule has 0 radical (unpaired) electrons. The third-order valence-corrected chi connectivity index (χ3v) is 3.87. The number of aromatic nitrogens is 2. The molecule has 28 heavy (non-hydrogen) atoms. The standard InChI is InChI=1S/C22H24N4O2/c1-15(2)23-21-13-20(24-16(3)25-21)22(27)26-18-9-11-19(12-10-18)28-14-17-7-5-4-6-8-17/h4-13,15H,14H2,1-3H3,(H,26,27)(H,23,24,25). The second-order valence-corrected chi connectivity index (χ2v) is 6.74. The summed E-state index contributed by atoms with van der Waals surface area (Å²) in [5.74, 6) is 1.64. The monoisotopic (exact) mass is 376 g/mol. The minimum absolute atomic E-state index is 0.216. The van der Waals surface area contributed by atoms with Crippen LogP contribution in [0.25, 0.3) is 0 Å². The molecule has 144 valence electrons. The molecular weight excluding hydrogens is 352 g/mol. The summed E-state index contributed by atoms with van der Waals surface area (Å²) in [6, 6.07) is 19.1. The van der Waals surface area contributed by atoms with Crippen LogP contribution in [-0.2, 0) is 6.61 Å². The van der Waals surface area contributed by atoms with E-state index in [-0.39, 0.29) is 11.9 Å². The Hall–Kier alpha value is -3.41. The average molecular weight is 376 g/mol. The van der Waals surface area contributed by atoms with Gasteiger partial charge in [-0.15, -0.1) is 0 Å². The Morgan fingerprint density at radius 2 is 1.75 bits per heavy atom. The van der Waals surface area contributed by atoms with Crippen LogP contribution in [0, 0.1) is 6.92 Å². The van der Waals surface area contributed by atoms with Gasteiger partial charge >= 0.3 is 0 Å². The molecule has 1 aromatic heterocycles. The van der Waals surface area contributed by atoms with Gasteiger partial charge in [0, 0.05) is 17.8 Å². The van der Waals surface area contributed by atoms with Crippen LogP contribution in [0.3, 0.4) is 0 Å². The van der Waals surface area contributed by atoms with Gasteiger partial charge in [0.1, 0.15) is 29.7 Å². The predicted octanol–water partition coefficient (Wildman–Crippen LogP) is 4.44. The molecule has 0 aliphatic rings. The van der Waals surface area contributed by atoms with Crippen LogP contribution in [0.4, 0.5) is 11.5 Å². The highest BCUT2D eigenvalue weighted by Crippen LogP contribution is 2.18. The SMILES string of the molecule is Cc1nc(NC(C)C)cc(C(=O)Nc2ccc(OCc3ccccc3)cc2)n1. The van der Waals surface area contributed by atoms with E-state index >= 15 is 0 Å². The topological polar surface area (TPSA) is 76.1 Å². The van der Waals surface area contributed by atoms with Crippen LogP contribution in [0.1, 0.15) is 35.7 Å². The van der Waals surface area contributed by atoms with Crippen LogP contribution in [-0.4, -0.2) is 21.9 Å². The molecule has 1 heterocycles. The Morgan fingerprint density at radius 3 is 2.43 bits per heavy atom. The first-order valence-electron chi connectivity index (χ1n) is 9.20. The number of carbonyl (C=O) groups is 1. The van der Waals surface area contributed by atoms with Crippen LogP contribution < -0.4 is 15.4 Å². The van der Waals surface area contributed by atoms with Gasteiger partial charge in [0.25, 0.3) is 5.91 Å². The zero-order chi connectivity index (χ0) is 19.9. The lowest BCUT2D eigenvalue weighted by Crippen LogP contribution is -2.17. The molecule has 6 nitrogen and oxygen atoms in total. The fourth-order valence-corrected chi connectivity index (χ4v) is 2.62. The first-order chi connectivity index (χ1) is 13.5. The number of anilines is 2. The fraction of sp³-hybridized carbons (Fsp3) is 0.227. The van der Waals surface area contributed by atoms with Gasteiger partial charge in [0.05, 0.1) is 0 Å². The molecule has 2 N–H and O–H groups in total. The van der Waals surface area contributed by atoms with Gasteiger partial charge < -0.3 is 15.4 Å². The van der Waals surface area contributed by atoms with Crippen molar-refractivity contribution in [2.24, 2.45) is 0 Å². The molecule has 3 rings (SSSR count). The Bertz CT molecular complexity index is 925. The van der Waals surface area contributed by atoms with Crippen molar-refractivity contribution in [1.82, 2.24) is 9.97 Å². The number of carbonyl (C=O) groups excluding carboxylic acids is 1. The van der Waals surface area contributed by atoms with Crippen molar-refractivity contribution in [2.75, 3.05) is 10.6 Å². The predicted molar refractivity (Wildman–Crippen MR) is 111 cm³/mol.